The maximum absolute atomic E-state index is 12.6. The lowest BCUT2D eigenvalue weighted by molar-refractivity contribution is -0.0429. The second kappa shape index (κ2) is 8.37. The normalized spacial score (nSPS) is 14.6. The van der Waals surface area contributed by atoms with Crippen molar-refractivity contribution in [2.24, 2.45) is 5.16 Å². The van der Waals surface area contributed by atoms with Crippen LogP contribution in [0.5, 0.6) is 0 Å². The Hall–Kier alpha value is -2.03. The van der Waals surface area contributed by atoms with Crippen molar-refractivity contribution in [3.63, 3.8) is 0 Å². The van der Waals surface area contributed by atoms with Crippen molar-refractivity contribution < 1.29 is 26.4 Å². The van der Waals surface area contributed by atoms with Crippen molar-refractivity contribution in [1.82, 2.24) is 0 Å². The van der Waals surface area contributed by atoms with E-state index in [9.17, 15) is 21.6 Å². The van der Waals surface area contributed by atoms with Gasteiger partial charge in [0.1, 0.15) is 6.10 Å². The van der Waals surface area contributed by atoms with Gasteiger partial charge in [-0.3, -0.25) is 4.72 Å². The van der Waals surface area contributed by atoms with E-state index in [2.05, 4.69) is 5.16 Å². The average Bonchev–Trinajstić information content (AvgIpc) is 2.49. The van der Waals surface area contributed by atoms with Crippen LogP contribution in [-0.2, 0) is 14.9 Å². The molecule has 0 aliphatic heterocycles. The first kappa shape index (κ1) is 21.0. The Balaban J connectivity index is 3.20. The Labute approximate surface area is 145 Å². The lowest BCUT2D eigenvalue weighted by Crippen LogP contribution is -2.30. The molecule has 0 aliphatic rings. The fourth-order valence-electron chi connectivity index (χ4n) is 1.92. The highest BCUT2D eigenvalue weighted by atomic mass is 32.2. The van der Waals surface area contributed by atoms with Gasteiger partial charge in [0.2, 0.25) is 0 Å². The van der Waals surface area contributed by atoms with Gasteiger partial charge in [-0.15, -0.1) is 0 Å². The van der Waals surface area contributed by atoms with Crippen LogP contribution in [0.25, 0.3) is 0 Å². The minimum Gasteiger partial charge on any atom is -0.388 e. The van der Waals surface area contributed by atoms with Crippen molar-refractivity contribution in [3.05, 3.63) is 41.5 Å². The van der Waals surface area contributed by atoms with Crippen LogP contribution >= 0.6 is 0 Å². The summed E-state index contributed by atoms with van der Waals surface area (Å²) in [6, 6.07) is 4.44. The number of anilines is 1. The standard InChI is InChI=1S/C16H21F3N2O3S/c1-5-7-13(6-2)24-20-12(4)14-9-8-11(3)10-15(14)21-25(22,23)16(17,18)19/h5,7-10,13,21H,6H2,1-4H3/b7-5-,20-12+. The Kier molecular flexibility index (Phi) is 7.04. The van der Waals surface area contributed by atoms with E-state index in [0.717, 1.165) is 0 Å². The van der Waals surface area contributed by atoms with Gasteiger partial charge in [-0.25, -0.2) is 0 Å². The molecule has 0 bridgehead atoms. The highest BCUT2D eigenvalue weighted by molar-refractivity contribution is 7.93. The number of nitrogens with zero attached hydrogens (tertiary/aromatic N) is 1. The number of rotatable bonds is 7. The Morgan fingerprint density at radius 1 is 1.40 bits per heavy atom. The van der Waals surface area contributed by atoms with Gasteiger partial charge in [0.05, 0.1) is 11.4 Å². The zero-order valence-corrected chi connectivity index (χ0v) is 15.2. The molecule has 1 rings (SSSR count). The van der Waals surface area contributed by atoms with E-state index in [0.29, 0.717) is 12.0 Å². The zero-order chi connectivity index (χ0) is 19.3. The molecule has 0 saturated heterocycles. The number of sulfonamides is 1. The van der Waals surface area contributed by atoms with Crippen molar-refractivity contribution >= 4 is 21.4 Å². The van der Waals surface area contributed by atoms with Crippen LogP contribution in [-0.4, -0.2) is 25.7 Å². The first-order valence-corrected chi connectivity index (χ1v) is 9.03. The predicted octanol–water partition coefficient (Wildman–Crippen LogP) is 4.35. The highest BCUT2D eigenvalue weighted by Crippen LogP contribution is 2.28. The van der Waals surface area contributed by atoms with Gasteiger partial charge in [0, 0.05) is 5.56 Å². The topological polar surface area (TPSA) is 67.8 Å². The number of benzene rings is 1. The quantitative estimate of drug-likeness (QED) is 0.436. The number of allylic oxidation sites excluding steroid dienone is 1. The molecule has 9 heteroatoms. The summed E-state index contributed by atoms with van der Waals surface area (Å²) >= 11 is 0. The number of halogens is 3. The van der Waals surface area contributed by atoms with Crippen molar-refractivity contribution in [3.8, 4) is 0 Å². The third-order valence-corrected chi connectivity index (χ3v) is 4.35. The molecule has 0 heterocycles. The van der Waals surface area contributed by atoms with E-state index >= 15 is 0 Å². The number of hydrogen-bond donors (Lipinski definition) is 1. The number of oxime groups is 1. The molecule has 0 saturated carbocycles. The molecular formula is C16H21F3N2O3S. The third-order valence-electron chi connectivity index (χ3n) is 3.25. The lowest BCUT2D eigenvalue weighted by Gasteiger charge is -2.15. The molecular weight excluding hydrogens is 357 g/mol. The minimum atomic E-state index is -5.53. The lowest BCUT2D eigenvalue weighted by atomic mass is 10.1. The predicted molar refractivity (Wildman–Crippen MR) is 92.0 cm³/mol. The van der Waals surface area contributed by atoms with Crippen molar-refractivity contribution in [2.45, 2.75) is 45.7 Å². The van der Waals surface area contributed by atoms with Crippen LogP contribution in [0, 0.1) is 6.92 Å². The first-order valence-electron chi connectivity index (χ1n) is 7.55. The van der Waals surface area contributed by atoms with Crippen molar-refractivity contribution in [2.75, 3.05) is 4.72 Å². The molecule has 1 aromatic carbocycles. The molecule has 0 radical (unpaired) electrons. The molecule has 1 unspecified atom stereocenters. The molecule has 1 aromatic rings. The van der Waals surface area contributed by atoms with Gasteiger partial charge < -0.3 is 4.84 Å². The fourth-order valence-corrected chi connectivity index (χ4v) is 2.49. The average molecular weight is 378 g/mol. The van der Waals surface area contributed by atoms with Crippen LogP contribution in [0.15, 0.2) is 35.5 Å². The molecule has 5 nitrogen and oxygen atoms in total. The summed E-state index contributed by atoms with van der Waals surface area (Å²) in [7, 11) is -5.53. The van der Waals surface area contributed by atoms with Crippen molar-refractivity contribution in [1.29, 1.82) is 0 Å². The number of aryl methyl sites for hydroxylation is 1. The third kappa shape index (κ3) is 5.77. The van der Waals surface area contributed by atoms with Gasteiger partial charge >= 0.3 is 15.5 Å². The summed E-state index contributed by atoms with van der Waals surface area (Å²) in [5.41, 5.74) is -4.56. The fraction of sp³-hybridized carbons (Fsp3) is 0.438. The van der Waals surface area contributed by atoms with E-state index in [-0.39, 0.29) is 23.1 Å². The van der Waals surface area contributed by atoms with Crippen LogP contribution in [0.1, 0.15) is 38.3 Å². The molecule has 1 atom stereocenters. The number of hydrogen-bond acceptors (Lipinski definition) is 4. The van der Waals surface area contributed by atoms with E-state index in [1.54, 1.807) is 29.9 Å². The second-order valence-corrected chi connectivity index (χ2v) is 7.03. The Morgan fingerprint density at radius 3 is 2.56 bits per heavy atom. The largest absolute Gasteiger partial charge is 0.516 e. The van der Waals surface area contributed by atoms with E-state index in [1.807, 2.05) is 13.8 Å². The van der Waals surface area contributed by atoms with E-state index in [4.69, 9.17) is 4.84 Å². The summed E-state index contributed by atoms with van der Waals surface area (Å²) in [6.07, 6.45) is 3.97. The van der Waals surface area contributed by atoms with Gasteiger partial charge in [0.25, 0.3) is 0 Å². The number of alkyl halides is 3. The first-order chi connectivity index (χ1) is 11.5. The zero-order valence-electron chi connectivity index (χ0n) is 14.4. The van der Waals surface area contributed by atoms with E-state index in [1.165, 1.54) is 19.1 Å². The maximum atomic E-state index is 12.6. The monoisotopic (exact) mass is 378 g/mol. The molecule has 0 aliphatic carbocycles. The molecule has 0 fully saturated rings. The van der Waals surface area contributed by atoms with Gasteiger partial charge in [-0.05, 0) is 44.9 Å². The Morgan fingerprint density at radius 2 is 2.04 bits per heavy atom. The summed E-state index contributed by atoms with van der Waals surface area (Å²) in [5, 5.41) is 3.92. The molecule has 0 amide bonds. The molecule has 1 N–H and O–H groups in total. The van der Waals surface area contributed by atoms with E-state index < -0.39 is 15.5 Å². The van der Waals surface area contributed by atoms with Gasteiger partial charge in [-0.1, -0.05) is 30.3 Å². The Bertz CT molecular complexity index is 756. The van der Waals surface area contributed by atoms with Crippen LogP contribution in [0.2, 0.25) is 0 Å². The molecule has 0 spiro atoms. The van der Waals surface area contributed by atoms with Crippen LogP contribution in [0.4, 0.5) is 18.9 Å². The maximum Gasteiger partial charge on any atom is 0.516 e. The summed E-state index contributed by atoms with van der Waals surface area (Å²) < 4.78 is 62.2. The van der Waals surface area contributed by atoms with Crippen LogP contribution < -0.4 is 4.72 Å². The summed E-state index contributed by atoms with van der Waals surface area (Å²) in [6.45, 7) is 6.88. The van der Waals surface area contributed by atoms with Gasteiger partial charge in [-0.2, -0.15) is 21.6 Å². The minimum absolute atomic E-state index is 0.203. The highest BCUT2D eigenvalue weighted by Gasteiger charge is 2.46. The molecule has 0 aromatic heterocycles. The number of nitrogens with one attached hydrogen (secondary N) is 1. The summed E-state index contributed by atoms with van der Waals surface area (Å²) in [4.78, 5) is 5.33. The summed E-state index contributed by atoms with van der Waals surface area (Å²) in [5.74, 6) is 0. The smallest absolute Gasteiger partial charge is 0.388 e. The second-order valence-electron chi connectivity index (χ2n) is 5.35. The molecule has 140 valence electrons. The van der Waals surface area contributed by atoms with Gasteiger partial charge in [0.15, 0.2) is 0 Å². The van der Waals surface area contributed by atoms with Crippen LogP contribution in [0.3, 0.4) is 0 Å². The molecule has 25 heavy (non-hydrogen) atoms. The SMILES string of the molecule is C/C=C\C(CC)O/N=C(\C)c1ccc(C)cc1NS(=O)(=O)C(F)(F)F.